The lowest BCUT2D eigenvalue weighted by Crippen LogP contribution is -2.43. The number of hydrogen-bond acceptors (Lipinski definition) is 4. The number of thioether (sulfide) groups is 1. The number of hydrazine groups is 1. The Morgan fingerprint density at radius 3 is 2.28 bits per heavy atom. The van der Waals surface area contributed by atoms with Crippen LogP contribution in [0.1, 0.15) is 22.5 Å². The second-order valence-corrected chi connectivity index (χ2v) is 7.82. The molecular weight excluding hydrogens is 384 g/mol. The first-order valence-electron chi connectivity index (χ1n) is 9.31. The van der Waals surface area contributed by atoms with Crippen LogP contribution in [0.4, 0.5) is 0 Å². The van der Waals surface area contributed by atoms with Gasteiger partial charge in [-0.3, -0.25) is 20.4 Å². The molecule has 2 aromatic carbocycles. The second-order valence-electron chi connectivity index (χ2n) is 6.77. The molecule has 0 saturated carbocycles. The van der Waals surface area contributed by atoms with E-state index in [2.05, 4.69) is 16.0 Å². The molecule has 3 rings (SSSR count). The second kappa shape index (κ2) is 9.43. The van der Waals surface area contributed by atoms with Gasteiger partial charge >= 0.3 is 0 Å². The van der Waals surface area contributed by atoms with Crippen molar-refractivity contribution in [1.82, 2.24) is 20.6 Å². The van der Waals surface area contributed by atoms with Gasteiger partial charge in [-0.25, -0.2) is 4.68 Å². The summed E-state index contributed by atoms with van der Waals surface area (Å²) >= 11 is 1.42. The predicted octanol–water partition coefficient (Wildman–Crippen LogP) is 3.28. The molecule has 2 N–H and O–H groups in total. The fourth-order valence-electron chi connectivity index (χ4n) is 2.92. The number of amides is 2. The van der Waals surface area contributed by atoms with Crippen LogP contribution >= 0.6 is 11.8 Å². The van der Waals surface area contributed by atoms with Gasteiger partial charge in [-0.05, 0) is 45.0 Å². The minimum Gasteiger partial charge on any atom is -0.273 e. The fraction of sp³-hybridized carbons (Fsp3) is 0.227. The molecule has 0 saturated heterocycles. The molecule has 0 fully saturated rings. The number of aryl methyl sites for hydroxylation is 2. The lowest BCUT2D eigenvalue weighted by Gasteiger charge is -2.08. The molecule has 0 atom stereocenters. The highest BCUT2D eigenvalue weighted by atomic mass is 32.2. The van der Waals surface area contributed by atoms with Crippen molar-refractivity contribution < 1.29 is 9.59 Å². The third kappa shape index (κ3) is 5.48. The summed E-state index contributed by atoms with van der Waals surface area (Å²) in [6, 6.07) is 17.7. The third-order valence-electron chi connectivity index (χ3n) is 4.51. The average molecular weight is 409 g/mol. The Bertz CT molecular complexity index is 998. The maximum absolute atomic E-state index is 12.3. The normalized spacial score (nSPS) is 10.6. The molecule has 1 aromatic heterocycles. The molecule has 0 radical (unpaired) electrons. The SMILES string of the molecule is Cc1ccc(SCC(=O)NNC(=O)Cc2c(C)nn(-c3ccccc3)c2C)cc1. The summed E-state index contributed by atoms with van der Waals surface area (Å²) < 4.78 is 1.83. The Balaban J connectivity index is 1.52. The van der Waals surface area contributed by atoms with Gasteiger partial charge < -0.3 is 0 Å². The van der Waals surface area contributed by atoms with Crippen molar-refractivity contribution in [2.24, 2.45) is 0 Å². The largest absolute Gasteiger partial charge is 0.273 e. The standard InChI is InChI=1S/C22H24N4O2S/c1-15-9-11-19(12-10-15)29-14-22(28)24-23-21(27)13-20-16(2)25-26(17(20)3)18-7-5-4-6-8-18/h4-12H,13-14H2,1-3H3,(H,23,27)(H,24,28). The van der Waals surface area contributed by atoms with Crippen LogP contribution in [0.5, 0.6) is 0 Å². The zero-order valence-electron chi connectivity index (χ0n) is 16.7. The molecular formula is C22H24N4O2S. The Kier molecular flexibility index (Phi) is 6.72. The van der Waals surface area contributed by atoms with Gasteiger partial charge in [0.2, 0.25) is 11.8 Å². The van der Waals surface area contributed by atoms with Crippen molar-refractivity contribution >= 4 is 23.6 Å². The Hall–Kier alpha value is -3.06. The summed E-state index contributed by atoms with van der Waals surface area (Å²) in [5, 5.41) is 4.54. The molecule has 150 valence electrons. The highest BCUT2D eigenvalue weighted by Crippen LogP contribution is 2.19. The molecule has 0 spiro atoms. The fourth-order valence-corrected chi connectivity index (χ4v) is 3.61. The van der Waals surface area contributed by atoms with Crippen LogP contribution in [-0.2, 0) is 16.0 Å². The number of nitrogens with one attached hydrogen (secondary N) is 2. The van der Waals surface area contributed by atoms with Gasteiger partial charge in [0.15, 0.2) is 0 Å². The Labute approximate surface area is 174 Å². The topological polar surface area (TPSA) is 76.0 Å². The van der Waals surface area contributed by atoms with Gasteiger partial charge in [-0.1, -0.05) is 35.9 Å². The van der Waals surface area contributed by atoms with Crippen LogP contribution in [0.2, 0.25) is 0 Å². The van der Waals surface area contributed by atoms with Crippen LogP contribution < -0.4 is 10.9 Å². The summed E-state index contributed by atoms with van der Waals surface area (Å²) in [4.78, 5) is 25.3. The highest BCUT2D eigenvalue weighted by molar-refractivity contribution is 8.00. The van der Waals surface area contributed by atoms with E-state index in [0.29, 0.717) is 0 Å². The van der Waals surface area contributed by atoms with Crippen molar-refractivity contribution in [2.45, 2.75) is 32.1 Å². The van der Waals surface area contributed by atoms with Gasteiger partial charge in [-0.2, -0.15) is 5.10 Å². The average Bonchev–Trinajstić information content (AvgIpc) is 3.00. The summed E-state index contributed by atoms with van der Waals surface area (Å²) in [7, 11) is 0. The minimum absolute atomic E-state index is 0.149. The van der Waals surface area contributed by atoms with E-state index in [1.807, 2.05) is 80.1 Å². The summed E-state index contributed by atoms with van der Waals surface area (Å²) in [5.74, 6) is -0.303. The van der Waals surface area contributed by atoms with E-state index in [1.165, 1.54) is 17.3 Å². The van der Waals surface area contributed by atoms with E-state index >= 15 is 0 Å². The van der Waals surface area contributed by atoms with E-state index in [0.717, 1.165) is 27.5 Å². The van der Waals surface area contributed by atoms with Crippen LogP contribution in [0.3, 0.4) is 0 Å². The number of nitrogens with zero attached hydrogens (tertiary/aromatic N) is 2. The molecule has 6 nitrogen and oxygen atoms in total. The van der Waals surface area contributed by atoms with Gasteiger partial charge in [0.1, 0.15) is 0 Å². The Morgan fingerprint density at radius 2 is 1.59 bits per heavy atom. The van der Waals surface area contributed by atoms with Crippen LogP contribution in [0, 0.1) is 20.8 Å². The number of carbonyl (C=O) groups excluding carboxylic acids is 2. The van der Waals surface area contributed by atoms with E-state index < -0.39 is 0 Å². The zero-order chi connectivity index (χ0) is 20.8. The number of rotatable bonds is 6. The van der Waals surface area contributed by atoms with Gasteiger partial charge in [0.25, 0.3) is 0 Å². The summed E-state index contributed by atoms with van der Waals surface area (Å²) in [6.45, 7) is 5.84. The number of aromatic nitrogens is 2. The molecule has 1 heterocycles. The third-order valence-corrected chi connectivity index (χ3v) is 5.52. The quantitative estimate of drug-likeness (QED) is 0.485. The lowest BCUT2D eigenvalue weighted by molar-refractivity contribution is -0.127. The van der Waals surface area contributed by atoms with Crippen LogP contribution in [0.25, 0.3) is 5.69 Å². The zero-order valence-corrected chi connectivity index (χ0v) is 17.5. The maximum Gasteiger partial charge on any atom is 0.248 e. The smallest absolute Gasteiger partial charge is 0.248 e. The summed E-state index contributed by atoms with van der Waals surface area (Å²) in [6.07, 6.45) is 0.149. The van der Waals surface area contributed by atoms with E-state index in [-0.39, 0.29) is 24.0 Å². The van der Waals surface area contributed by atoms with E-state index in [1.54, 1.807) is 0 Å². The first-order valence-corrected chi connectivity index (χ1v) is 10.3. The van der Waals surface area contributed by atoms with Crippen molar-refractivity contribution in [3.05, 3.63) is 77.1 Å². The van der Waals surface area contributed by atoms with Gasteiger partial charge in [-0.15, -0.1) is 11.8 Å². The molecule has 0 aliphatic carbocycles. The highest BCUT2D eigenvalue weighted by Gasteiger charge is 2.16. The maximum atomic E-state index is 12.3. The van der Waals surface area contributed by atoms with Crippen molar-refractivity contribution in [3.63, 3.8) is 0 Å². The molecule has 2 amide bonds. The van der Waals surface area contributed by atoms with E-state index in [9.17, 15) is 9.59 Å². The van der Waals surface area contributed by atoms with Crippen molar-refractivity contribution in [2.75, 3.05) is 5.75 Å². The number of benzene rings is 2. The van der Waals surface area contributed by atoms with Crippen molar-refractivity contribution in [1.29, 1.82) is 0 Å². The van der Waals surface area contributed by atoms with Crippen LogP contribution in [-0.4, -0.2) is 27.3 Å². The molecule has 0 unspecified atom stereocenters. The number of hydrogen-bond donors (Lipinski definition) is 2. The van der Waals surface area contributed by atoms with Gasteiger partial charge in [0.05, 0.1) is 23.6 Å². The first kappa shape index (κ1) is 20.7. The molecule has 0 aliphatic heterocycles. The van der Waals surface area contributed by atoms with Crippen LogP contribution in [0.15, 0.2) is 59.5 Å². The Morgan fingerprint density at radius 1 is 0.931 bits per heavy atom. The monoisotopic (exact) mass is 408 g/mol. The molecule has 29 heavy (non-hydrogen) atoms. The minimum atomic E-state index is -0.280. The number of carbonyl (C=O) groups is 2. The predicted molar refractivity (Wildman–Crippen MR) is 115 cm³/mol. The molecule has 0 bridgehead atoms. The first-order chi connectivity index (χ1) is 13.9. The lowest BCUT2D eigenvalue weighted by atomic mass is 10.1. The molecule has 7 heteroatoms. The summed E-state index contributed by atoms with van der Waals surface area (Å²) in [5.41, 5.74) is 9.64. The molecule has 3 aromatic rings. The van der Waals surface area contributed by atoms with Gasteiger partial charge in [0, 0.05) is 16.2 Å². The van der Waals surface area contributed by atoms with Crippen molar-refractivity contribution in [3.8, 4) is 5.69 Å². The molecule has 0 aliphatic rings. The number of para-hydroxylation sites is 1. The van der Waals surface area contributed by atoms with E-state index in [4.69, 9.17) is 0 Å².